The number of ether oxygens (including phenoxy) is 1. The fourth-order valence-corrected chi connectivity index (χ4v) is 4.22. The molecule has 2 N–H and O–H groups in total. The maximum Gasteiger partial charge on any atom is 0.326 e. The topological polar surface area (TPSA) is 67.0 Å². The van der Waals surface area contributed by atoms with Crippen LogP contribution in [0.2, 0.25) is 0 Å². The molecule has 5 nitrogen and oxygen atoms in total. The number of nitrogens with one attached hydrogen (secondary N) is 2. The fraction of sp³-hybridized carbons (Fsp3) is 0.733. The molecule has 1 saturated carbocycles. The van der Waals surface area contributed by atoms with Crippen molar-refractivity contribution in [3.63, 3.8) is 0 Å². The van der Waals surface area contributed by atoms with Gasteiger partial charge < -0.3 is 9.72 Å². The standard InChI is InChI=1S/C15H25N3O2S/c1-4-20-13(19)15(18-11(2)3)7-5-6-12(10-15)21-14-16-8-9-17-14/h8-9,11-12,18H,4-7,10H2,1-3H3,(H,16,17). The van der Waals surface area contributed by atoms with Gasteiger partial charge in [-0.1, -0.05) is 11.8 Å². The van der Waals surface area contributed by atoms with Crippen LogP contribution in [0.5, 0.6) is 0 Å². The number of hydrogen-bond donors (Lipinski definition) is 2. The Morgan fingerprint density at radius 2 is 2.48 bits per heavy atom. The molecule has 0 saturated heterocycles. The van der Waals surface area contributed by atoms with Gasteiger partial charge in [-0.3, -0.25) is 10.1 Å². The molecule has 2 rings (SSSR count). The molecule has 1 aromatic heterocycles. The minimum atomic E-state index is -0.549. The van der Waals surface area contributed by atoms with Crippen molar-refractivity contribution < 1.29 is 9.53 Å². The monoisotopic (exact) mass is 311 g/mol. The van der Waals surface area contributed by atoms with Gasteiger partial charge in [0.15, 0.2) is 5.16 Å². The summed E-state index contributed by atoms with van der Waals surface area (Å²) < 4.78 is 5.34. The summed E-state index contributed by atoms with van der Waals surface area (Å²) in [6, 6.07) is 0.252. The Labute approximate surface area is 130 Å². The van der Waals surface area contributed by atoms with E-state index in [0.29, 0.717) is 11.9 Å². The van der Waals surface area contributed by atoms with Gasteiger partial charge in [-0.25, -0.2) is 4.98 Å². The molecule has 2 unspecified atom stereocenters. The van der Waals surface area contributed by atoms with Crippen molar-refractivity contribution in [2.75, 3.05) is 6.61 Å². The zero-order chi connectivity index (χ0) is 15.3. The van der Waals surface area contributed by atoms with Crippen molar-refractivity contribution in [2.45, 2.75) is 68.4 Å². The van der Waals surface area contributed by atoms with E-state index in [9.17, 15) is 4.79 Å². The number of esters is 1. The van der Waals surface area contributed by atoms with Gasteiger partial charge in [-0.2, -0.15) is 0 Å². The molecule has 1 aliphatic carbocycles. The van der Waals surface area contributed by atoms with Crippen molar-refractivity contribution in [3.05, 3.63) is 12.4 Å². The van der Waals surface area contributed by atoms with Crippen LogP contribution in [0, 0.1) is 0 Å². The first-order valence-corrected chi connectivity index (χ1v) is 8.54. The Bertz CT molecular complexity index is 450. The molecule has 6 heteroatoms. The molecule has 1 heterocycles. The zero-order valence-corrected chi connectivity index (χ0v) is 13.8. The average molecular weight is 311 g/mol. The molecule has 0 aliphatic heterocycles. The fourth-order valence-electron chi connectivity index (χ4n) is 3.00. The number of carbonyl (C=O) groups is 1. The minimum absolute atomic E-state index is 0.108. The van der Waals surface area contributed by atoms with Gasteiger partial charge in [0.25, 0.3) is 0 Å². The van der Waals surface area contributed by atoms with Gasteiger partial charge in [0.05, 0.1) is 6.61 Å². The number of nitrogens with zero attached hydrogens (tertiary/aromatic N) is 1. The average Bonchev–Trinajstić information content (AvgIpc) is 2.91. The quantitative estimate of drug-likeness (QED) is 0.791. The lowest BCUT2D eigenvalue weighted by Gasteiger charge is -2.40. The van der Waals surface area contributed by atoms with E-state index in [2.05, 4.69) is 29.1 Å². The lowest BCUT2D eigenvalue weighted by molar-refractivity contribution is -0.153. The number of rotatable bonds is 6. The van der Waals surface area contributed by atoms with Crippen LogP contribution in [0.4, 0.5) is 0 Å². The van der Waals surface area contributed by atoms with Crippen LogP contribution in [-0.2, 0) is 9.53 Å². The highest BCUT2D eigenvalue weighted by atomic mass is 32.2. The second-order valence-corrected chi connectivity index (χ2v) is 7.12. The number of aromatic amines is 1. The minimum Gasteiger partial charge on any atom is -0.465 e. The summed E-state index contributed by atoms with van der Waals surface area (Å²) in [5, 5.41) is 4.77. The molecule has 0 radical (unpaired) electrons. The van der Waals surface area contributed by atoms with Gasteiger partial charge in [0, 0.05) is 23.7 Å². The lowest BCUT2D eigenvalue weighted by atomic mass is 9.80. The summed E-state index contributed by atoms with van der Waals surface area (Å²) >= 11 is 1.72. The van der Waals surface area contributed by atoms with E-state index in [1.54, 1.807) is 18.0 Å². The molecule has 1 aromatic rings. The number of aromatic nitrogens is 2. The van der Waals surface area contributed by atoms with Crippen molar-refractivity contribution in [1.82, 2.24) is 15.3 Å². The third-order valence-corrected chi connectivity index (χ3v) is 4.87. The summed E-state index contributed by atoms with van der Waals surface area (Å²) in [4.78, 5) is 19.9. The Kier molecular flexibility index (Phi) is 5.70. The van der Waals surface area contributed by atoms with Crippen molar-refractivity contribution in [3.8, 4) is 0 Å². The molecule has 21 heavy (non-hydrogen) atoms. The van der Waals surface area contributed by atoms with Crippen molar-refractivity contribution in [2.24, 2.45) is 0 Å². The molecule has 0 aromatic carbocycles. The maximum absolute atomic E-state index is 12.5. The first-order valence-electron chi connectivity index (χ1n) is 7.66. The molecule has 118 valence electrons. The smallest absolute Gasteiger partial charge is 0.326 e. The lowest BCUT2D eigenvalue weighted by Crippen LogP contribution is -2.58. The van der Waals surface area contributed by atoms with E-state index < -0.39 is 5.54 Å². The molecule has 1 aliphatic rings. The summed E-state index contributed by atoms with van der Waals surface area (Å²) in [5.41, 5.74) is -0.549. The Balaban J connectivity index is 2.09. The van der Waals surface area contributed by atoms with Gasteiger partial charge >= 0.3 is 5.97 Å². The predicted octanol–water partition coefficient (Wildman–Crippen LogP) is 2.74. The highest BCUT2D eigenvalue weighted by molar-refractivity contribution is 7.99. The number of hydrogen-bond acceptors (Lipinski definition) is 5. The van der Waals surface area contributed by atoms with E-state index in [1.807, 2.05) is 13.1 Å². The number of imidazole rings is 1. The van der Waals surface area contributed by atoms with Crippen LogP contribution in [0.15, 0.2) is 17.6 Å². The second kappa shape index (κ2) is 7.31. The second-order valence-electron chi connectivity index (χ2n) is 5.83. The van der Waals surface area contributed by atoms with Gasteiger partial charge in [-0.15, -0.1) is 0 Å². The van der Waals surface area contributed by atoms with Crippen molar-refractivity contribution in [1.29, 1.82) is 0 Å². The van der Waals surface area contributed by atoms with Crippen LogP contribution in [0.3, 0.4) is 0 Å². The third-order valence-electron chi connectivity index (χ3n) is 3.69. The van der Waals surface area contributed by atoms with E-state index >= 15 is 0 Å². The number of H-pyrrole nitrogens is 1. The van der Waals surface area contributed by atoms with Crippen LogP contribution < -0.4 is 5.32 Å². The molecule has 2 atom stereocenters. The van der Waals surface area contributed by atoms with Gasteiger partial charge in [0.2, 0.25) is 0 Å². The summed E-state index contributed by atoms with van der Waals surface area (Å²) in [7, 11) is 0. The highest BCUT2D eigenvalue weighted by Crippen LogP contribution is 2.38. The molecule has 0 spiro atoms. The summed E-state index contributed by atoms with van der Waals surface area (Å²) in [6.07, 6.45) is 7.35. The first kappa shape index (κ1) is 16.4. The van der Waals surface area contributed by atoms with Crippen molar-refractivity contribution >= 4 is 17.7 Å². The van der Waals surface area contributed by atoms with E-state index in [-0.39, 0.29) is 12.0 Å². The van der Waals surface area contributed by atoms with Crippen LogP contribution >= 0.6 is 11.8 Å². The van der Waals surface area contributed by atoms with Gasteiger partial charge in [-0.05, 0) is 46.5 Å². The third kappa shape index (κ3) is 4.23. The van der Waals surface area contributed by atoms with E-state index in [4.69, 9.17) is 4.74 Å². The van der Waals surface area contributed by atoms with E-state index in [0.717, 1.165) is 30.8 Å². The normalized spacial score (nSPS) is 26.0. The molecule has 0 amide bonds. The largest absolute Gasteiger partial charge is 0.465 e. The van der Waals surface area contributed by atoms with Crippen LogP contribution in [0.25, 0.3) is 0 Å². The Hall–Kier alpha value is -1.01. The SMILES string of the molecule is CCOC(=O)C1(NC(C)C)CCCC(Sc2ncc[nH]2)C1. The Morgan fingerprint density at radius 3 is 3.10 bits per heavy atom. The highest BCUT2D eigenvalue weighted by Gasteiger charge is 2.44. The summed E-state index contributed by atoms with van der Waals surface area (Å²) in [6.45, 7) is 6.43. The maximum atomic E-state index is 12.5. The first-order chi connectivity index (χ1) is 10.1. The molecule has 1 fully saturated rings. The molecular formula is C15H25N3O2S. The molecular weight excluding hydrogens is 286 g/mol. The van der Waals surface area contributed by atoms with Gasteiger partial charge in [0.1, 0.15) is 5.54 Å². The summed E-state index contributed by atoms with van der Waals surface area (Å²) in [5.74, 6) is -0.108. The molecule has 0 bridgehead atoms. The zero-order valence-electron chi connectivity index (χ0n) is 13.0. The number of carbonyl (C=O) groups excluding carboxylic acids is 1. The number of thioether (sulfide) groups is 1. The van der Waals surface area contributed by atoms with Crippen LogP contribution in [0.1, 0.15) is 46.5 Å². The van der Waals surface area contributed by atoms with E-state index in [1.165, 1.54) is 0 Å². The Morgan fingerprint density at radius 1 is 1.67 bits per heavy atom. The van der Waals surface area contributed by atoms with Crippen LogP contribution in [-0.4, -0.2) is 39.4 Å². The predicted molar refractivity (Wildman–Crippen MR) is 84.3 cm³/mol.